The molecule has 1 aromatic rings. The Kier molecular flexibility index (Phi) is 8.07. The van der Waals surface area contributed by atoms with E-state index in [0.29, 0.717) is 18.5 Å². The maximum atomic E-state index is 12.9. The zero-order valence-electron chi connectivity index (χ0n) is 20.0. The van der Waals surface area contributed by atoms with E-state index in [4.69, 9.17) is 14.5 Å². The van der Waals surface area contributed by atoms with Gasteiger partial charge in [0.25, 0.3) is 0 Å². The summed E-state index contributed by atoms with van der Waals surface area (Å²) in [6.45, 7) is 8.69. The van der Waals surface area contributed by atoms with Gasteiger partial charge < -0.3 is 19.7 Å². The second-order valence-corrected chi connectivity index (χ2v) is 9.27. The van der Waals surface area contributed by atoms with E-state index < -0.39 is 6.04 Å². The molecule has 0 saturated carbocycles. The van der Waals surface area contributed by atoms with Gasteiger partial charge in [0.05, 0.1) is 44.1 Å². The lowest BCUT2D eigenvalue weighted by Gasteiger charge is -2.37. The number of benzene rings is 1. The maximum absolute atomic E-state index is 12.9. The molecule has 1 saturated heterocycles. The van der Waals surface area contributed by atoms with Crippen molar-refractivity contribution >= 4 is 28.8 Å². The van der Waals surface area contributed by atoms with E-state index in [-0.39, 0.29) is 18.3 Å². The number of fused-ring (bicyclic) bond motifs is 1. The maximum Gasteiger partial charge on any atom is 0.338 e. The van der Waals surface area contributed by atoms with Crippen molar-refractivity contribution in [2.75, 3.05) is 46.5 Å². The molecule has 0 aliphatic carbocycles. The second kappa shape index (κ2) is 11.2. The van der Waals surface area contributed by atoms with Gasteiger partial charge in [-0.25, -0.2) is 9.79 Å². The average molecular weight is 485 g/mol. The van der Waals surface area contributed by atoms with Crippen LogP contribution in [0.5, 0.6) is 0 Å². The van der Waals surface area contributed by atoms with E-state index in [0.717, 1.165) is 60.5 Å². The van der Waals surface area contributed by atoms with Crippen LogP contribution in [0.15, 0.2) is 51.6 Å². The number of amides is 1. The number of amidine groups is 1. The van der Waals surface area contributed by atoms with E-state index >= 15 is 0 Å². The lowest BCUT2D eigenvalue weighted by atomic mass is 9.90. The molecule has 0 aromatic heterocycles. The van der Waals surface area contributed by atoms with Crippen LogP contribution in [0.4, 0.5) is 0 Å². The number of carbonyl (C=O) groups excluding carboxylic acids is 2. The average Bonchev–Trinajstić information content (AvgIpc) is 3.25. The van der Waals surface area contributed by atoms with E-state index in [1.165, 1.54) is 18.9 Å². The SMILES string of the molecule is CCC1=C(C(=O)OC)[C@@H](c2ccccc2C)N2C(CC(=O)NCCN3CCOCC3)=CSC2=N1. The molecular formula is C25H32N4O4S. The number of hydrogen-bond acceptors (Lipinski definition) is 8. The standard InChI is InChI=1S/C25H32N4O4S/c1-4-20-22(24(31)32-3)23(19-8-6-5-7-17(19)2)29-18(16-34-25(29)27-20)15-21(30)26-9-10-28-11-13-33-14-12-28/h5-8,16,23H,4,9-15H2,1-3H3,(H,26,30)/t23-/m1/s1. The van der Waals surface area contributed by atoms with Crippen LogP contribution in [0.25, 0.3) is 0 Å². The molecule has 1 atom stereocenters. The van der Waals surface area contributed by atoms with Crippen LogP contribution in [0.2, 0.25) is 0 Å². The van der Waals surface area contributed by atoms with E-state index in [1.54, 1.807) is 0 Å². The molecule has 1 aromatic carbocycles. The number of methoxy groups -OCH3 is 1. The molecule has 8 nitrogen and oxygen atoms in total. The lowest BCUT2D eigenvalue weighted by Crippen LogP contribution is -2.42. The summed E-state index contributed by atoms with van der Waals surface area (Å²) in [6.07, 6.45) is 0.829. The number of rotatable bonds is 8. The van der Waals surface area contributed by atoms with Gasteiger partial charge >= 0.3 is 5.97 Å². The predicted octanol–water partition coefficient (Wildman–Crippen LogP) is 2.97. The van der Waals surface area contributed by atoms with Crippen molar-refractivity contribution in [3.05, 3.63) is 57.8 Å². The molecule has 9 heteroatoms. The second-order valence-electron chi connectivity index (χ2n) is 8.44. The van der Waals surface area contributed by atoms with Crippen LogP contribution in [-0.4, -0.2) is 73.3 Å². The first-order valence-electron chi connectivity index (χ1n) is 11.7. The molecule has 0 unspecified atom stereocenters. The number of hydrogen-bond donors (Lipinski definition) is 1. The first-order valence-corrected chi connectivity index (χ1v) is 12.6. The molecule has 1 amide bonds. The molecule has 1 fully saturated rings. The highest BCUT2D eigenvalue weighted by atomic mass is 32.2. The molecule has 1 N–H and O–H groups in total. The van der Waals surface area contributed by atoms with Crippen molar-refractivity contribution in [1.29, 1.82) is 0 Å². The topological polar surface area (TPSA) is 83.5 Å². The third-order valence-electron chi connectivity index (χ3n) is 6.31. The molecule has 3 aliphatic heterocycles. The summed E-state index contributed by atoms with van der Waals surface area (Å²) in [7, 11) is 1.40. The number of nitrogens with zero attached hydrogens (tertiary/aromatic N) is 3. The molecule has 182 valence electrons. The third kappa shape index (κ3) is 5.21. The minimum atomic E-state index is -0.390. The molecule has 0 spiro atoms. The van der Waals surface area contributed by atoms with Crippen LogP contribution in [0.1, 0.15) is 36.9 Å². The zero-order chi connectivity index (χ0) is 24.1. The minimum absolute atomic E-state index is 0.0465. The molecule has 0 bridgehead atoms. The Morgan fingerprint density at radius 2 is 2.03 bits per heavy atom. The number of nitrogens with one attached hydrogen (secondary N) is 1. The van der Waals surface area contributed by atoms with Crippen molar-refractivity contribution < 1.29 is 19.1 Å². The first kappa shape index (κ1) is 24.5. The van der Waals surface area contributed by atoms with Crippen molar-refractivity contribution in [3.8, 4) is 0 Å². The van der Waals surface area contributed by atoms with Gasteiger partial charge in [0, 0.05) is 31.9 Å². The van der Waals surface area contributed by atoms with Crippen LogP contribution in [0.3, 0.4) is 0 Å². The molecular weight excluding hydrogens is 452 g/mol. The van der Waals surface area contributed by atoms with Crippen LogP contribution >= 0.6 is 11.8 Å². The normalized spacial score (nSPS) is 20.6. The molecule has 4 rings (SSSR count). The summed E-state index contributed by atoms with van der Waals surface area (Å²) in [5.41, 5.74) is 4.16. The van der Waals surface area contributed by atoms with E-state index in [2.05, 4.69) is 10.2 Å². The minimum Gasteiger partial charge on any atom is -0.466 e. The molecule has 3 aliphatic rings. The summed E-state index contributed by atoms with van der Waals surface area (Å²) in [5, 5.41) is 5.80. The highest BCUT2D eigenvalue weighted by Gasteiger charge is 2.41. The Morgan fingerprint density at radius 3 is 2.74 bits per heavy atom. The summed E-state index contributed by atoms with van der Waals surface area (Å²) < 4.78 is 10.6. The molecule has 34 heavy (non-hydrogen) atoms. The Morgan fingerprint density at radius 1 is 1.26 bits per heavy atom. The van der Waals surface area contributed by atoms with Gasteiger partial charge in [0.2, 0.25) is 5.91 Å². The van der Waals surface area contributed by atoms with Crippen LogP contribution in [-0.2, 0) is 19.1 Å². The summed E-state index contributed by atoms with van der Waals surface area (Å²) in [4.78, 5) is 34.9. The first-order chi connectivity index (χ1) is 16.5. The van der Waals surface area contributed by atoms with Gasteiger partial charge in [-0.1, -0.05) is 43.0 Å². The number of allylic oxidation sites excluding steroid dienone is 1. The Labute approximate surface area is 205 Å². The summed E-state index contributed by atoms with van der Waals surface area (Å²) in [6, 6.07) is 7.63. The van der Waals surface area contributed by atoms with Gasteiger partial charge in [-0.2, -0.15) is 0 Å². The van der Waals surface area contributed by atoms with Crippen LogP contribution < -0.4 is 5.32 Å². The number of ether oxygens (including phenoxy) is 2. The summed E-state index contributed by atoms with van der Waals surface area (Å²) in [5.74, 6) is -0.436. The summed E-state index contributed by atoms with van der Waals surface area (Å²) >= 11 is 1.49. The van der Waals surface area contributed by atoms with Gasteiger partial charge in [0.1, 0.15) is 0 Å². The fourth-order valence-corrected chi connectivity index (χ4v) is 5.44. The highest BCUT2D eigenvalue weighted by Crippen LogP contribution is 2.46. The number of carbonyl (C=O) groups is 2. The van der Waals surface area contributed by atoms with Gasteiger partial charge in [-0.05, 0) is 29.9 Å². The zero-order valence-corrected chi connectivity index (χ0v) is 20.8. The number of morpholine rings is 1. The van der Waals surface area contributed by atoms with Gasteiger partial charge in [-0.3, -0.25) is 9.69 Å². The number of esters is 1. The van der Waals surface area contributed by atoms with E-state index in [1.807, 2.05) is 48.4 Å². The van der Waals surface area contributed by atoms with Crippen molar-refractivity contribution in [2.24, 2.45) is 4.99 Å². The lowest BCUT2D eigenvalue weighted by molar-refractivity contribution is -0.136. The number of thioether (sulfide) groups is 1. The fraction of sp³-hybridized carbons (Fsp3) is 0.480. The van der Waals surface area contributed by atoms with Crippen molar-refractivity contribution in [1.82, 2.24) is 15.1 Å². The fourth-order valence-electron chi connectivity index (χ4n) is 4.51. The predicted molar refractivity (Wildman–Crippen MR) is 133 cm³/mol. The number of aliphatic imine (C=N–C) groups is 1. The van der Waals surface area contributed by atoms with E-state index in [9.17, 15) is 9.59 Å². The van der Waals surface area contributed by atoms with Crippen molar-refractivity contribution in [2.45, 2.75) is 32.7 Å². The quantitative estimate of drug-likeness (QED) is 0.568. The molecule has 3 heterocycles. The van der Waals surface area contributed by atoms with Crippen molar-refractivity contribution in [3.63, 3.8) is 0 Å². The Balaban J connectivity index is 1.55. The Hall–Kier alpha value is -2.62. The highest BCUT2D eigenvalue weighted by molar-refractivity contribution is 8.16. The van der Waals surface area contributed by atoms with Gasteiger partial charge in [0.15, 0.2) is 5.17 Å². The number of aryl methyl sites for hydroxylation is 1. The monoisotopic (exact) mass is 484 g/mol. The third-order valence-corrected chi connectivity index (χ3v) is 7.20. The van der Waals surface area contributed by atoms with Gasteiger partial charge in [-0.15, -0.1) is 0 Å². The smallest absolute Gasteiger partial charge is 0.338 e. The Bertz CT molecular complexity index is 1030. The van der Waals surface area contributed by atoms with Crippen LogP contribution in [0, 0.1) is 6.92 Å². The molecule has 0 radical (unpaired) electrons. The largest absolute Gasteiger partial charge is 0.466 e.